The number of nitrogens with zero attached hydrogens (tertiary/aromatic N) is 3. The lowest BCUT2D eigenvalue weighted by Gasteiger charge is -2.42. The summed E-state index contributed by atoms with van der Waals surface area (Å²) in [5, 5.41) is 11.5. The van der Waals surface area contributed by atoms with Gasteiger partial charge in [-0.1, -0.05) is 18.2 Å². The second kappa shape index (κ2) is 19.6. The zero-order valence-electron chi connectivity index (χ0n) is 32.8. The normalized spacial score (nSPS) is 16.0. The maximum atomic E-state index is 13.8. The zero-order chi connectivity index (χ0) is 40.9. The first-order valence-electron chi connectivity index (χ1n) is 17.5. The van der Waals surface area contributed by atoms with E-state index >= 15 is 0 Å². The molecule has 19 heteroatoms. The highest BCUT2D eigenvalue weighted by Crippen LogP contribution is 2.21. The van der Waals surface area contributed by atoms with Crippen molar-refractivity contribution in [2.24, 2.45) is 10.1 Å². The molecule has 54 heavy (non-hydrogen) atoms. The van der Waals surface area contributed by atoms with E-state index in [0.29, 0.717) is 6.42 Å². The van der Waals surface area contributed by atoms with Crippen LogP contribution in [-0.2, 0) is 38.6 Å². The zero-order valence-corrected chi connectivity index (χ0v) is 33.6. The molecule has 0 radical (unpaired) electrons. The summed E-state index contributed by atoms with van der Waals surface area (Å²) >= 11 is 0. The average molecular weight is 781 g/mol. The van der Waals surface area contributed by atoms with E-state index in [0.717, 1.165) is 0 Å². The van der Waals surface area contributed by atoms with Crippen molar-refractivity contribution < 1.29 is 46.6 Å². The molecule has 0 saturated carbocycles. The van der Waals surface area contributed by atoms with Crippen LogP contribution in [0.2, 0.25) is 0 Å². The minimum atomic E-state index is -4.11. The Morgan fingerprint density at radius 3 is 1.96 bits per heavy atom. The monoisotopic (exact) mass is 780 g/mol. The summed E-state index contributed by atoms with van der Waals surface area (Å²) in [6.07, 6.45) is 0.429. The molecule has 1 aromatic rings. The number of benzene rings is 1. The fourth-order valence-corrected chi connectivity index (χ4v) is 5.76. The molecule has 3 atom stereocenters. The highest BCUT2D eigenvalue weighted by Gasteiger charge is 2.42. The van der Waals surface area contributed by atoms with Crippen LogP contribution < -0.4 is 26.1 Å². The molecule has 2 rings (SSSR count). The van der Waals surface area contributed by atoms with Crippen LogP contribution in [0.4, 0.5) is 9.59 Å². The molecular formula is C35H56N8O10S. The quantitative estimate of drug-likeness (QED) is 0.0801. The van der Waals surface area contributed by atoms with Gasteiger partial charge >= 0.3 is 12.2 Å². The summed E-state index contributed by atoms with van der Waals surface area (Å²) < 4.78 is 45.1. The number of ether oxygens (including phenoxy) is 3. The van der Waals surface area contributed by atoms with E-state index in [4.69, 9.17) is 14.2 Å². The van der Waals surface area contributed by atoms with Gasteiger partial charge < -0.3 is 24.4 Å². The second-order valence-corrected chi connectivity index (χ2v) is 17.1. The van der Waals surface area contributed by atoms with E-state index in [-0.39, 0.29) is 43.4 Å². The number of sulfonamides is 1. The number of likely N-dealkylation sites (tertiary alicyclic amines) is 1. The average Bonchev–Trinajstić information content (AvgIpc) is 2.98. The van der Waals surface area contributed by atoms with Crippen molar-refractivity contribution in [2.45, 2.75) is 128 Å². The molecule has 0 bridgehead atoms. The van der Waals surface area contributed by atoms with Crippen molar-refractivity contribution in [3.63, 3.8) is 0 Å². The number of alkyl carbamates (subject to hydrolysis) is 2. The van der Waals surface area contributed by atoms with Gasteiger partial charge in [-0.2, -0.15) is 9.82 Å². The van der Waals surface area contributed by atoms with E-state index in [1.165, 1.54) is 30.2 Å². The van der Waals surface area contributed by atoms with Gasteiger partial charge in [0.15, 0.2) is 0 Å². The van der Waals surface area contributed by atoms with Crippen molar-refractivity contribution in [1.29, 1.82) is 0 Å². The lowest BCUT2D eigenvalue weighted by molar-refractivity contribution is -0.150. The Bertz CT molecular complexity index is 1600. The summed E-state index contributed by atoms with van der Waals surface area (Å²) in [4.78, 5) is 69.1. The van der Waals surface area contributed by atoms with Crippen molar-refractivity contribution in [1.82, 2.24) is 31.0 Å². The number of aliphatic imine (C=N–C) groups is 1. The van der Waals surface area contributed by atoms with Gasteiger partial charge in [0.1, 0.15) is 23.3 Å². The minimum absolute atomic E-state index is 0.0320. The number of carbonyl (C=O) groups excluding carboxylic acids is 5. The molecule has 5 amide bonds. The highest BCUT2D eigenvalue weighted by molar-refractivity contribution is 7.89. The molecular weight excluding hydrogens is 724 g/mol. The van der Waals surface area contributed by atoms with Crippen LogP contribution in [0, 0.1) is 0 Å². The first-order valence-corrected chi connectivity index (χ1v) is 19.0. The number of guanidine groups is 1. The lowest BCUT2D eigenvalue weighted by atomic mass is 9.99. The number of hydrazone groups is 1. The summed E-state index contributed by atoms with van der Waals surface area (Å²) in [6, 6.07) is 4.59. The summed E-state index contributed by atoms with van der Waals surface area (Å²) in [5.41, 5.74) is -0.0483. The van der Waals surface area contributed by atoms with E-state index in [9.17, 15) is 32.4 Å². The first kappa shape index (κ1) is 45.5. The molecule has 0 unspecified atom stereocenters. The molecule has 0 aromatic heterocycles. The molecule has 302 valence electrons. The van der Waals surface area contributed by atoms with E-state index in [2.05, 4.69) is 36.2 Å². The van der Waals surface area contributed by atoms with Crippen LogP contribution in [-0.4, -0.2) is 110 Å². The standard InChI is InChI=1S/C35H56N8O10S/c1-23(44)41-37-21-24(15-14-19-36-30(39-31(47)52-34(5,6)7)40-32(48)53-35(8,9)10)38-28(45)27-18-20-43(27)29(46)26(22-51-33(2,3)4)42-54(49,50)25-16-12-11-13-17-25/h11-13,16-17,21,24,26-27,42H,14-15,18-20,22H2,1-10H3,(H,38,45)(H,41,44)(H2,36,39,40,47,48)/b37-21-/t24-,26+,27-/m0/s1. The molecule has 0 spiro atoms. The number of amides is 5. The molecule has 5 N–H and O–H groups in total. The topological polar surface area (TPSA) is 235 Å². The van der Waals surface area contributed by atoms with Gasteiger partial charge in [0.2, 0.25) is 33.7 Å². The fraction of sp³-hybridized carbons (Fsp3) is 0.629. The van der Waals surface area contributed by atoms with Gasteiger partial charge in [-0.05, 0) is 93.7 Å². The predicted octanol–water partition coefficient (Wildman–Crippen LogP) is 2.54. The third kappa shape index (κ3) is 17.5. The van der Waals surface area contributed by atoms with Gasteiger partial charge in [-0.15, -0.1) is 0 Å². The summed E-state index contributed by atoms with van der Waals surface area (Å²) in [7, 11) is -4.11. The Morgan fingerprint density at radius 1 is 0.907 bits per heavy atom. The van der Waals surface area contributed by atoms with Crippen LogP contribution >= 0.6 is 0 Å². The van der Waals surface area contributed by atoms with Crippen LogP contribution in [0.25, 0.3) is 0 Å². The second-order valence-electron chi connectivity index (χ2n) is 15.4. The lowest BCUT2D eigenvalue weighted by Crippen LogP contribution is -2.64. The van der Waals surface area contributed by atoms with Crippen molar-refractivity contribution in [2.75, 3.05) is 19.7 Å². The molecule has 1 aromatic carbocycles. The largest absolute Gasteiger partial charge is 0.444 e. The number of hydrogen-bond acceptors (Lipinski definition) is 12. The van der Waals surface area contributed by atoms with Crippen LogP contribution in [0.15, 0.2) is 45.3 Å². The molecule has 1 aliphatic heterocycles. The van der Waals surface area contributed by atoms with Crippen LogP contribution in [0.3, 0.4) is 0 Å². The SMILES string of the molecule is CC(=O)N/N=C\[C@H](CCCN=C(NC(=O)OC(C)(C)C)NC(=O)OC(C)(C)C)NC(=O)[C@@H]1CCN1C(=O)[C@@H](COC(C)(C)C)NS(=O)(=O)c1ccccc1. The van der Waals surface area contributed by atoms with Gasteiger partial charge in [0, 0.05) is 26.2 Å². The van der Waals surface area contributed by atoms with Crippen molar-refractivity contribution in [3.8, 4) is 0 Å². The summed E-state index contributed by atoms with van der Waals surface area (Å²) in [6.45, 7) is 16.6. The predicted molar refractivity (Wildman–Crippen MR) is 201 cm³/mol. The third-order valence-corrected chi connectivity index (χ3v) is 8.41. The van der Waals surface area contributed by atoms with Gasteiger partial charge in [-0.3, -0.25) is 30.0 Å². The smallest absolute Gasteiger partial charge is 0.414 e. The first-order chi connectivity index (χ1) is 24.8. The number of nitrogens with one attached hydrogen (secondary N) is 5. The van der Waals surface area contributed by atoms with Gasteiger partial charge in [-0.25, -0.2) is 23.4 Å². The molecule has 1 fully saturated rings. The maximum absolute atomic E-state index is 13.8. The molecule has 1 heterocycles. The molecule has 1 aliphatic rings. The fourth-order valence-electron chi connectivity index (χ4n) is 4.56. The molecule has 1 saturated heterocycles. The Labute approximate surface area is 317 Å². The Hall–Kier alpha value is -4.62. The number of hydrogen-bond donors (Lipinski definition) is 5. The van der Waals surface area contributed by atoms with Crippen LogP contribution in [0.5, 0.6) is 0 Å². The molecule has 18 nitrogen and oxygen atoms in total. The van der Waals surface area contributed by atoms with E-state index in [1.54, 1.807) is 80.5 Å². The van der Waals surface area contributed by atoms with Crippen molar-refractivity contribution >= 4 is 52.1 Å². The minimum Gasteiger partial charge on any atom is -0.444 e. The Morgan fingerprint density at radius 2 is 1.48 bits per heavy atom. The highest BCUT2D eigenvalue weighted by atomic mass is 32.2. The van der Waals surface area contributed by atoms with Crippen molar-refractivity contribution in [3.05, 3.63) is 30.3 Å². The van der Waals surface area contributed by atoms with Gasteiger partial charge in [0.05, 0.1) is 23.1 Å². The Kier molecular flexibility index (Phi) is 16.6. The number of rotatable bonds is 14. The van der Waals surface area contributed by atoms with Gasteiger partial charge in [0.25, 0.3) is 0 Å². The maximum Gasteiger partial charge on any atom is 0.414 e. The molecule has 0 aliphatic carbocycles. The van der Waals surface area contributed by atoms with E-state index in [1.807, 2.05) is 0 Å². The number of carbonyl (C=O) groups is 5. The summed E-state index contributed by atoms with van der Waals surface area (Å²) in [5.74, 6) is -1.82. The van der Waals surface area contributed by atoms with E-state index < -0.39 is 74.9 Å². The van der Waals surface area contributed by atoms with Crippen LogP contribution in [0.1, 0.15) is 88.5 Å². The Balaban J connectivity index is 2.19. The third-order valence-electron chi connectivity index (χ3n) is 6.92.